The summed E-state index contributed by atoms with van der Waals surface area (Å²) < 4.78 is 0. The first-order chi connectivity index (χ1) is 8.52. The van der Waals surface area contributed by atoms with Crippen molar-refractivity contribution in [2.75, 3.05) is 6.54 Å². The van der Waals surface area contributed by atoms with Gasteiger partial charge in [-0.2, -0.15) is 0 Å². The van der Waals surface area contributed by atoms with Crippen molar-refractivity contribution in [2.45, 2.75) is 19.4 Å². The lowest BCUT2D eigenvalue weighted by atomic mass is 10.2. The van der Waals surface area contributed by atoms with Gasteiger partial charge in [0.2, 0.25) is 5.91 Å². The third-order valence-corrected chi connectivity index (χ3v) is 3.03. The normalized spacial score (nSPS) is 11.2. The summed E-state index contributed by atoms with van der Waals surface area (Å²) >= 11 is 1.28. The maximum atomic E-state index is 11.8. The van der Waals surface area contributed by atoms with Crippen molar-refractivity contribution in [2.24, 2.45) is 11.5 Å². The second-order valence-electron chi connectivity index (χ2n) is 3.71. The van der Waals surface area contributed by atoms with Crippen LogP contribution in [0.3, 0.4) is 0 Å². The van der Waals surface area contributed by atoms with E-state index in [4.69, 9.17) is 11.5 Å². The Hall–Kier alpha value is -1.84. The zero-order chi connectivity index (χ0) is 13.5. The third-order valence-electron chi connectivity index (χ3n) is 2.03. The molecule has 18 heavy (non-hydrogen) atoms. The van der Waals surface area contributed by atoms with Crippen molar-refractivity contribution < 1.29 is 9.59 Å². The number of carbonyl (C=O) groups is 2. The quantitative estimate of drug-likeness (QED) is 0.671. The van der Waals surface area contributed by atoms with E-state index in [0.29, 0.717) is 4.88 Å². The van der Waals surface area contributed by atoms with Crippen LogP contribution < -0.4 is 16.8 Å². The van der Waals surface area contributed by atoms with Crippen LogP contribution in [-0.2, 0) is 4.79 Å². The van der Waals surface area contributed by atoms with Crippen molar-refractivity contribution in [1.82, 2.24) is 5.32 Å². The first-order valence-electron chi connectivity index (χ1n) is 5.41. The van der Waals surface area contributed by atoms with Crippen LogP contribution in [0.2, 0.25) is 0 Å². The number of nitrogens with one attached hydrogen (secondary N) is 1. The first-order valence-corrected chi connectivity index (χ1v) is 6.22. The molecule has 0 fully saturated rings. The molecule has 0 saturated heterocycles. The fraction of sp³-hybridized carbons (Fsp3) is 0.333. The van der Waals surface area contributed by atoms with Crippen molar-refractivity contribution in [1.29, 1.82) is 0 Å². The minimum atomic E-state index is -0.441. The van der Waals surface area contributed by atoms with Gasteiger partial charge in [0.05, 0.1) is 16.3 Å². The Balaban J connectivity index is 2.61. The summed E-state index contributed by atoms with van der Waals surface area (Å²) in [5.41, 5.74) is 10.3. The van der Waals surface area contributed by atoms with Gasteiger partial charge in [-0.15, -0.1) is 11.3 Å². The number of nitrogens with two attached hydrogens (primary N) is 2. The molecule has 2 amide bonds. The monoisotopic (exact) mass is 265 g/mol. The van der Waals surface area contributed by atoms with Crippen molar-refractivity contribution in [3.8, 4) is 11.8 Å². The molecule has 0 aliphatic carbocycles. The first kappa shape index (κ1) is 14.2. The maximum absolute atomic E-state index is 11.8. The molecule has 0 spiro atoms. The molecule has 96 valence electrons. The number of rotatable bonds is 4. The van der Waals surface area contributed by atoms with Gasteiger partial charge in [-0.3, -0.25) is 9.59 Å². The van der Waals surface area contributed by atoms with E-state index in [1.807, 2.05) is 0 Å². The predicted molar refractivity (Wildman–Crippen MR) is 71.0 cm³/mol. The van der Waals surface area contributed by atoms with E-state index in [0.717, 1.165) is 4.88 Å². The number of thiophene rings is 1. The molecule has 1 aromatic heterocycles. The Morgan fingerprint density at radius 2 is 2.22 bits per heavy atom. The van der Waals surface area contributed by atoms with Gasteiger partial charge in [-0.05, 0) is 19.1 Å². The summed E-state index contributed by atoms with van der Waals surface area (Å²) in [6.45, 7) is 2.01. The topological polar surface area (TPSA) is 98.2 Å². The standard InChI is InChI=1S/C12H15N3O2S/c1-8(7-11(14)16)15-12(17)10-5-4-9(18-10)3-2-6-13/h4-5,8H,6-7,13H2,1H3,(H2,14,16)(H,15,17). The SMILES string of the molecule is CC(CC(N)=O)NC(=O)c1ccc(C#CCN)s1. The van der Waals surface area contributed by atoms with Gasteiger partial charge in [0.1, 0.15) is 0 Å². The second kappa shape index (κ2) is 6.79. The molecule has 0 aliphatic rings. The van der Waals surface area contributed by atoms with Crippen molar-refractivity contribution >= 4 is 23.2 Å². The lowest BCUT2D eigenvalue weighted by Crippen LogP contribution is -2.35. The molecule has 0 aromatic carbocycles. The van der Waals surface area contributed by atoms with Crippen LogP contribution in [-0.4, -0.2) is 24.4 Å². The van der Waals surface area contributed by atoms with Crippen LogP contribution in [0.25, 0.3) is 0 Å². The largest absolute Gasteiger partial charge is 0.370 e. The van der Waals surface area contributed by atoms with E-state index in [1.54, 1.807) is 19.1 Å². The van der Waals surface area contributed by atoms with Crippen molar-refractivity contribution in [3.63, 3.8) is 0 Å². The third kappa shape index (κ3) is 4.57. The number of primary amides is 1. The summed E-state index contributed by atoms with van der Waals surface area (Å²) in [4.78, 5) is 23.8. The molecule has 6 heteroatoms. The Morgan fingerprint density at radius 3 is 2.83 bits per heavy atom. The van der Waals surface area contributed by atoms with Gasteiger partial charge in [-0.1, -0.05) is 11.8 Å². The van der Waals surface area contributed by atoms with Gasteiger partial charge >= 0.3 is 0 Å². The second-order valence-corrected chi connectivity index (χ2v) is 4.80. The van der Waals surface area contributed by atoms with Gasteiger partial charge in [-0.25, -0.2) is 0 Å². The lowest BCUT2D eigenvalue weighted by Gasteiger charge is -2.10. The van der Waals surface area contributed by atoms with E-state index in [9.17, 15) is 9.59 Å². The predicted octanol–water partition coefficient (Wildman–Crippen LogP) is 0.0520. The van der Waals surface area contributed by atoms with E-state index < -0.39 is 5.91 Å². The Bertz CT molecular complexity index is 499. The summed E-state index contributed by atoms with van der Waals surface area (Å²) in [5.74, 6) is 4.91. The van der Waals surface area contributed by atoms with E-state index >= 15 is 0 Å². The maximum Gasteiger partial charge on any atom is 0.261 e. The Kier molecular flexibility index (Phi) is 5.36. The molecule has 0 bridgehead atoms. The zero-order valence-electron chi connectivity index (χ0n) is 10.0. The molecule has 1 atom stereocenters. The van der Waals surface area contributed by atoms with Crippen LogP contribution in [0.4, 0.5) is 0 Å². The summed E-state index contributed by atoms with van der Waals surface area (Å²) in [7, 11) is 0. The minimum absolute atomic E-state index is 0.122. The molecule has 1 unspecified atom stereocenters. The molecule has 1 heterocycles. The number of carbonyl (C=O) groups excluding carboxylic acids is 2. The van der Waals surface area contributed by atoms with Crippen LogP contribution >= 0.6 is 11.3 Å². The molecule has 0 aliphatic heterocycles. The average Bonchev–Trinajstić information content (AvgIpc) is 2.73. The Labute approximate surface area is 110 Å². The summed E-state index contributed by atoms with van der Waals surface area (Å²) in [6.07, 6.45) is 0.122. The molecule has 0 radical (unpaired) electrons. The number of hydrogen-bond acceptors (Lipinski definition) is 4. The molecule has 1 aromatic rings. The summed E-state index contributed by atoms with van der Waals surface area (Å²) in [5, 5.41) is 2.69. The highest BCUT2D eigenvalue weighted by molar-refractivity contribution is 7.14. The van der Waals surface area contributed by atoms with Crippen LogP contribution in [0.5, 0.6) is 0 Å². The zero-order valence-corrected chi connectivity index (χ0v) is 10.8. The fourth-order valence-electron chi connectivity index (χ4n) is 1.31. The molecule has 1 rings (SSSR count). The van der Waals surface area contributed by atoms with Crippen LogP contribution in [0.15, 0.2) is 12.1 Å². The molecule has 0 saturated carbocycles. The molecular formula is C12H15N3O2S. The van der Waals surface area contributed by atoms with E-state index in [2.05, 4.69) is 17.2 Å². The lowest BCUT2D eigenvalue weighted by molar-refractivity contribution is -0.118. The number of hydrogen-bond donors (Lipinski definition) is 3. The van der Waals surface area contributed by atoms with Crippen LogP contribution in [0.1, 0.15) is 27.9 Å². The average molecular weight is 265 g/mol. The van der Waals surface area contributed by atoms with Gasteiger partial charge < -0.3 is 16.8 Å². The molecular weight excluding hydrogens is 250 g/mol. The Morgan fingerprint density at radius 1 is 1.50 bits per heavy atom. The summed E-state index contributed by atoms with van der Waals surface area (Å²) in [6, 6.07) is 3.18. The van der Waals surface area contributed by atoms with Gasteiger partial charge in [0, 0.05) is 12.5 Å². The van der Waals surface area contributed by atoms with Crippen molar-refractivity contribution in [3.05, 3.63) is 21.9 Å². The van der Waals surface area contributed by atoms with Gasteiger partial charge in [0.15, 0.2) is 0 Å². The van der Waals surface area contributed by atoms with E-state index in [1.165, 1.54) is 11.3 Å². The van der Waals surface area contributed by atoms with Gasteiger partial charge in [0.25, 0.3) is 5.91 Å². The fourth-order valence-corrected chi connectivity index (χ4v) is 2.10. The molecule has 5 nitrogen and oxygen atoms in total. The highest BCUT2D eigenvalue weighted by Crippen LogP contribution is 2.15. The highest BCUT2D eigenvalue weighted by atomic mass is 32.1. The van der Waals surface area contributed by atoms with Crippen LogP contribution in [0, 0.1) is 11.8 Å². The minimum Gasteiger partial charge on any atom is -0.370 e. The van der Waals surface area contributed by atoms with E-state index in [-0.39, 0.29) is 24.9 Å². The number of amides is 2. The smallest absolute Gasteiger partial charge is 0.261 e. The molecule has 5 N–H and O–H groups in total. The highest BCUT2D eigenvalue weighted by Gasteiger charge is 2.13.